The molecule has 0 spiro atoms. The molecule has 6 nitrogen and oxygen atoms in total. The number of nitrogens with one attached hydrogen (secondary N) is 1. The van der Waals surface area contributed by atoms with Gasteiger partial charge < -0.3 is 19.9 Å². The Morgan fingerprint density at radius 1 is 1.16 bits per heavy atom. The van der Waals surface area contributed by atoms with E-state index >= 15 is 0 Å². The second kappa shape index (κ2) is 9.19. The van der Waals surface area contributed by atoms with Crippen molar-refractivity contribution in [3.05, 3.63) is 29.8 Å². The van der Waals surface area contributed by atoms with Gasteiger partial charge in [0.2, 0.25) is 5.91 Å². The molecule has 3 aliphatic rings. The molecule has 1 aromatic rings. The molecular weight excluding hydrogens is 390 g/mol. The SMILES string of the molecule is CC(C)(C)CN1CCC(Oc2cccc(C(=O)NC[C@@H]3CC(=O)N(C4CC4)C3)c2)CC1. The molecule has 1 atom stereocenters. The molecule has 1 N–H and O–H groups in total. The molecule has 6 heteroatoms. The third-order valence-electron chi connectivity index (χ3n) is 6.41. The van der Waals surface area contributed by atoms with Crippen molar-refractivity contribution in [2.45, 2.75) is 65.0 Å². The summed E-state index contributed by atoms with van der Waals surface area (Å²) in [5.41, 5.74) is 0.934. The maximum absolute atomic E-state index is 12.7. The highest BCUT2D eigenvalue weighted by atomic mass is 16.5. The second-order valence-electron chi connectivity index (χ2n) is 10.7. The molecule has 3 fully saturated rings. The standard InChI is InChI=1S/C25H37N3O3/c1-25(2,3)17-27-11-9-21(10-12-27)31-22-6-4-5-19(14-22)24(30)26-15-18-13-23(29)28(16-18)20-7-8-20/h4-6,14,18,20-21H,7-13,15-17H2,1-3H3,(H,26,30)/t18-/m0/s1. The van der Waals surface area contributed by atoms with E-state index in [4.69, 9.17) is 4.74 Å². The first-order valence-electron chi connectivity index (χ1n) is 11.8. The number of piperidine rings is 1. The average molecular weight is 428 g/mol. The summed E-state index contributed by atoms with van der Waals surface area (Å²) in [5.74, 6) is 1.13. The van der Waals surface area contributed by atoms with E-state index in [9.17, 15) is 9.59 Å². The fourth-order valence-corrected chi connectivity index (χ4v) is 4.78. The van der Waals surface area contributed by atoms with E-state index in [1.807, 2.05) is 29.2 Å². The normalized spacial score (nSPS) is 23.3. The van der Waals surface area contributed by atoms with E-state index in [0.717, 1.165) is 57.6 Å². The summed E-state index contributed by atoms with van der Waals surface area (Å²) >= 11 is 0. The Kier molecular flexibility index (Phi) is 6.56. The van der Waals surface area contributed by atoms with Crippen molar-refractivity contribution >= 4 is 11.8 Å². The molecule has 31 heavy (non-hydrogen) atoms. The van der Waals surface area contributed by atoms with E-state index < -0.39 is 0 Å². The van der Waals surface area contributed by atoms with Crippen molar-refractivity contribution in [3.8, 4) is 5.75 Å². The number of benzene rings is 1. The molecule has 2 heterocycles. The van der Waals surface area contributed by atoms with Crippen LogP contribution in [-0.4, -0.2) is 66.5 Å². The molecule has 1 saturated carbocycles. The Labute approximate surface area is 186 Å². The Bertz CT molecular complexity index is 791. The summed E-state index contributed by atoms with van der Waals surface area (Å²) in [5, 5.41) is 3.02. The number of hydrogen-bond acceptors (Lipinski definition) is 4. The Balaban J connectivity index is 1.23. The lowest BCUT2D eigenvalue weighted by Gasteiger charge is -2.36. The van der Waals surface area contributed by atoms with Crippen molar-refractivity contribution in [2.75, 3.05) is 32.7 Å². The Morgan fingerprint density at radius 3 is 2.58 bits per heavy atom. The van der Waals surface area contributed by atoms with Gasteiger partial charge in [-0.05, 0) is 49.3 Å². The highest BCUT2D eigenvalue weighted by Crippen LogP contribution is 2.32. The molecule has 1 aliphatic carbocycles. The van der Waals surface area contributed by atoms with Crippen molar-refractivity contribution in [1.29, 1.82) is 0 Å². The molecule has 4 rings (SSSR count). The van der Waals surface area contributed by atoms with Gasteiger partial charge in [0, 0.05) is 56.7 Å². The van der Waals surface area contributed by atoms with E-state index in [2.05, 4.69) is 31.0 Å². The molecule has 0 bridgehead atoms. The zero-order valence-corrected chi connectivity index (χ0v) is 19.2. The van der Waals surface area contributed by atoms with Crippen molar-refractivity contribution in [1.82, 2.24) is 15.1 Å². The van der Waals surface area contributed by atoms with Gasteiger partial charge >= 0.3 is 0 Å². The predicted octanol–water partition coefficient (Wildman–Crippen LogP) is 3.32. The first-order valence-corrected chi connectivity index (χ1v) is 11.8. The molecular formula is C25H37N3O3. The fraction of sp³-hybridized carbons (Fsp3) is 0.680. The number of nitrogens with zero attached hydrogens (tertiary/aromatic N) is 2. The first-order chi connectivity index (χ1) is 14.8. The van der Waals surface area contributed by atoms with Gasteiger partial charge in [0.25, 0.3) is 5.91 Å². The van der Waals surface area contributed by atoms with Gasteiger partial charge in [0.15, 0.2) is 0 Å². The van der Waals surface area contributed by atoms with Crippen LogP contribution in [0.1, 0.15) is 63.2 Å². The van der Waals surface area contributed by atoms with Crippen LogP contribution in [-0.2, 0) is 4.79 Å². The van der Waals surface area contributed by atoms with Crippen LogP contribution in [0.15, 0.2) is 24.3 Å². The van der Waals surface area contributed by atoms with Crippen molar-refractivity contribution in [3.63, 3.8) is 0 Å². The van der Waals surface area contributed by atoms with Crippen LogP contribution in [0.5, 0.6) is 5.75 Å². The first kappa shape index (κ1) is 22.1. The average Bonchev–Trinajstić information content (AvgIpc) is 3.49. The van der Waals surface area contributed by atoms with Crippen LogP contribution in [0.3, 0.4) is 0 Å². The summed E-state index contributed by atoms with van der Waals surface area (Å²) < 4.78 is 6.21. The maximum Gasteiger partial charge on any atom is 0.251 e. The van der Waals surface area contributed by atoms with Gasteiger partial charge in [-0.25, -0.2) is 0 Å². The van der Waals surface area contributed by atoms with Crippen LogP contribution >= 0.6 is 0 Å². The maximum atomic E-state index is 12.7. The number of ether oxygens (including phenoxy) is 1. The lowest BCUT2D eigenvalue weighted by Crippen LogP contribution is -2.42. The Morgan fingerprint density at radius 2 is 1.90 bits per heavy atom. The van der Waals surface area contributed by atoms with Crippen LogP contribution in [0.25, 0.3) is 0 Å². The lowest BCUT2D eigenvalue weighted by molar-refractivity contribution is -0.128. The van der Waals surface area contributed by atoms with Gasteiger partial charge in [-0.1, -0.05) is 26.8 Å². The van der Waals surface area contributed by atoms with Gasteiger partial charge in [0.1, 0.15) is 11.9 Å². The number of carbonyl (C=O) groups is 2. The zero-order chi connectivity index (χ0) is 22.0. The summed E-state index contributed by atoms with van der Waals surface area (Å²) in [6, 6.07) is 7.94. The number of carbonyl (C=O) groups excluding carboxylic acids is 2. The van der Waals surface area contributed by atoms with Crippen molar-refractivity contribution < 1.29 is 14.3 Å². The van der Waals surface area contributed by atoms with Crippen LogP contribution in [0.4, 0.5) is 0 Å². The number of likely N-dealkylation sites (tertiary alicyclic amines) is 2. The minimum atomic E-state index is -0.0947. The minimum Gasteiger partial charge on any atom is -0.490 e. The van der Waals surface area contributed by atoms with E-state index in [1.54, 1.807) is 0 Å². The third kappa shape index (κ3) is 6.22. The fourth-order valence-electron chi connectivity index (χ4n) is 4.78. The highest BCUT2D eigenvalue weighted by Gasteiger charge is 2.39. The van der Waals surface area contributed by atoms with E-state index in [-0.39, 0.29) is 23.8 Å². The zero-order valence-electron chi connectivity index (χ0n) is 19.2. The van der Waals surface area contributed by atoms with Crippen LogP contribution in [0, 0.1) is 11.3 Å². The molecule has 170 valence electrons. The number of amides is 2. The molecule has 0 aromatic heterocycles. The van der Waals surface area contributed by atoms with Crippen LogP contribution in [0.2, 0.25) is 0 Å². The Hall–Kier alpha value is -2.08. The molecule has 0 unspecified atom stereocenters. The molecule has 0 radical (unpaired) electrons. The number of hydrogen-bond donors (Lipinski definition) is 1. The predicted molar refractivity (Wildman–Crippen MR) is 121 cm³/mol. The van der Waals surface area contributed by atoms with Gasteiger partial charge in [-0.2, -0.15) is 0 Å². The summed E-state index contributed by atoms with van der Waals surface area (Å²) in [6.45, 7) is 11.4. The minimum absolute atomic E-state index is 0.0947. The van der Waals surface area contributed by atoms with Crippen molar-refractivity contribution in [2.24, 2.45) is 11.3 Å². The van der Waals surface area contributed by atoms with Crippen LogP contribution < -0.4 is 10.1 Å². The largest absolute Gasteiger partial charge is 0.490 e. The highest BCUT2D eigenvalue weighted by molar-refractivity contribution is 5.94. The molecule has 1 aromatic carbocycles. The summed E-state index contributed by atoms with van der Waals surface area (Å²) in [4.78, 5) is 29.3. The van der Waals surface area contributed by atoms with Gasteiger partial charge in [-0.3, -0.25) is 9.59 Å². The van der Waals surface area contributed by atoms with E-state index in [1.165, 1.54) is 0 Å². The molecule has 2 saturated heterocycles. The molecule has 2 amide bonds. The van der Waals surface area contributed by atoms with Gasteiger partial charge in [0.05, 0.1) is 0 Å². The summed E-state index contributed by atoms with van der Waals surface area (Å²) in [7, 11) is 0. The monoisotopic (exact) mass is 427 g/mol. The number of rotatable bonds is 7. The quantitative estimate of drug-likeness (QED) is 0.725. The lowest BCUT2D eigenvalue weighted by atomic mass is 9.94. The third-order valence-corrected chi connectivity index (χ3v) is 6.41. The van der Waals surface area contributed by atoms with Gasteiger partial charge in [-0.15, -0.1) is 0 Å². The topological polar surface area (TPSA) is 61.9 Å². The second-order valence-corrected chi connectivity index (χ2v) is 10.7. The molecule has 2 aliphatic heterocycles. The van der Waals surface area contributed by atoms with E-state index in [0.29, 0.717) is 30.0 Å². The summed E-state index contributed by atoms with van der Waals surface area (Å²) in [6.07, 6.45) is 5.04. The smallest absolute Gasteiger partial charge is 0.251 e.